The zero-order valence-corrected chi connectivity index (χ0v) is 17.1. The highest BCUT2D eigenvalue weighted by molar-refractivity contribution is 6.01. The smallest absolute Gasteiger partial charge is 0.344 e. The Kier molecular flexibility index (Phi) is 6.33. The van der Waals surface area contributed by atoms with E-state index in [1.807, 2.05) is 60.9 Å². The van der Waals surface area contributed by atoms with E-state index in [0.717, 1.165) is 17.1 Å². The lowest BCUT2D eigenvalue weighted by Gasteiger charge is -2.14. The van der Waals surface area contributed by atoms with Crippen molar-refractivity contribution in [2.24, 2.45) is 0 Å². The summed E-state index contributed by atoms with van der Waals surface area (Å²) in [4.78, 5) is 25.0. The molecular weight excluding hydrogens is 380 g/mol. The molecule has 0 aliphatic heterocycles. The monoisotopic (exact) mass is 402 g/mol. The van der Waals surface area contributed by atoms with Crippen LogP contribution in [0.1, 0.15) is 34.2 Å². The number of ether oxygens (including phenoxy) is 2. The molecule has 30 heavy (non-hydrogen) atoms. The van der Waals surface area contributed by atoms with Crippen LogP contribution in [-0.2, 0) is 9.53 Å². The Hall–Kier alpha value is -3.85. The zero-order chi connectivity index (χ0) is 21.7. The number of para-hydroxylation sites is 1. The van der Waals surface area contributed by atoms with Gasteiger partial charge < -0.3 is 14.0 Å². The molecule has 0 aliphatic rings. The molecule has 1 heterocycles. The molecule has 1 aromatic heterocycles. The third-order valence-corrected chi connectivity index (χ3v) is 4.73. The molecular formula is C24H22N2O4. The lowest BCUT2D eigenvalue weighted by Crippen LogP contribution is -2.27. The SMILES string of the molecule is Cc1cc(C(=O)[C@@H](C)OC(=O)COc2ccc(C#N)cc2)c(C)n1-c1ccccc1. The Morgan fingerprint density at radius 1 is 1.07 bits per heavy atom. The number of esters is 1. The first-order valence-corrected chi connectivity index (χ1v) is 9.51. The minimum atomic E-state index is -0.938. The minimum Gasteiger partial charge on any atom is -0.482 e. The van der Waals surface area contributed by atoms with E-state index in [1.165, 1.54) is 0 Å². The topological polar surface area (TPSA) is 81.3 Å². The van der Waals surface area contributed by atoms with Crippen molar-refractivity contribution in [3.8, 4) is 17.5 Å². The summed E-state index contributed by atoms with van der Waals surface area (Å²) in [6, 6.07) is 19.9. The fraction of sp³-hybridized carbons (Fsp3) is 0.208. The van der Waals surface area contributed by atoms with Crippen molar-refractivity contribution in [2.45, 2.75) is 26.9 Å². The number of aryl methyl sites for hydroxylation is 1. The fourth-order valence-corrected chi connectivity index (χ4v) is 3.26. The van der Waals surface area contributed by atoms with Gasteiger partial charge in [0.05, 0.1) is 11.6 Å². The first kappa shape index (κ1) is 20.9. The third-order valence-electron chi connectivity index (χ3n) is 4.73. The molecule has 0 bridgehead atoms. The predicted octanol–water partition coefficient (Wildman–Crippen LogP) is 4.16. The number of nitrogens with zero attached hydrogens (tertiary/aromatic N) is 2. The van der Waals surface area contributed by atoms with Crippen LogP contribution < -0.4 is 4.74 Å². The summed E-state index contributed by atoms with van der Waals surface area (Å²) in [5.74, 6) is -0.467. The maximum Gasteiger partial charge on any atom is 0.344 e. The number of hydrogen-bond donors (Lipinski definition) is 0. The molecule has 0 aliphatic carbocycles. The van der Waals surface area contributed by atoms with Crippen LogP contribution in [0.3, 0.4) is 0 Å². The Morgan fingerprint density at radius 2 is 1.73 bits per heavy atom. The first-order valence-electron chi connectivity index (χ1n) is 9.51. The highest BCUT2D eigenvalue weighted by atomic mass is 16.6. The second-order valence-electron chi connectivity index (χ2n) is 6.88. The molecule has 0 saturated heterocycles. The van der Waals surface area contributed by atoms with Crippen LogP contribution in [0, 0.1) is 25.2 Å². The Balaban J connectivity index is 1.64. The van der Waals surface area contributed by atoms with Gasteiger partial charge >= 0.3 is 5.97 Å². The number of nitriles is 1. The molecule has 152 valence electrons. The van der Waals surface area contributed by atoms with E-state index in [2.05, 4.69) is 0 Å². The molecule has 2 aromatic carbocycles. The van der Waals surface area contributed by atoms with Gasteiger partial charge in [0.15, 0.2) is 12.7 Å². The second-order valence-corrected chi connectivity index (χ2v) is 6.88. The van der Waals surface area contributed by atoms with Gasteiger partial charge in [-0.1, -0.05) is 18.2 Å². The van der Waals surface area contributed by atoms with E-state index in [1.54, 1.807) is 31.2 Å². The maximum atomic E-state index is 12.9. The van der Waals surface area contributed by atoms with Gasteiger partial charge in [0.25, 0.3) is 0 Å². The van der Waals surface area contributed by atoms with E-state index in [0.29, 0.717) is 16.9 Å². The predicted molar refractivity (Wildman–Crippen MR) is 112 cm³/mol. The number of benzene rings is 2. The van der Waals surface area contributed by atoms with E-state index < -0.39 is 12.1 Å². The molecule has 0 unspecified atom stereocenters. The number of ketones is 1. The van der Waals surface area contributed by atoms with Crippen molar-refractivity contribution in [3.63, 3.8) is 0 Å². The van der Waals surface area contributed by atoms with Crippen LogP contribution in [-0.4, -0.2) is 29.0 Å². The van der Waals surface area contributed by atoms with Crippen LogP contribution in [0.5, 0.6) is 5.75 Å². The highest BCUT2D eigenvalue weighted by Crippen LogP contribution is 2.22. The number of Topliss-reactive ketones (excluding diaryl/α,β-unsaturated/α-hetero) is 1. The van der Waals surface area contributed by atoms with Crippen molar-refractivity contribution < 1.29 is 19.1 Å². The summed E-state index contributed by atoms with van der Waals surface area (Å²) in [5.41, 5.74) is 3.69. The second kappa shape index (κ2) is 9.10. The molecule has 0 spiro atoms. The lowest BCUT2D eigenvalue weighted by atomic mass is 10.1. The van der Waals surface area contributed by atoms with Crippen molar-refractivity contribution in [1.29, 1.82) is 5.26 Å². The van der Waals surface area contributed by atoms with E-state index >= 15 is 0 Å². The summed E-state index contributed by atoms with van der Waals surface area (Å²) in [6.07, 6.45) is -0.938. The van der Waals surface area contributed by atoms with Gasteiger partial charge in [-0.25, -0.2) is 4.79 Å². The third kappa shape index (κ3) is 4.58. The standard InChI is InChI=1S/C24H22N2O4/c1-16-13-22(17(2)26(16)20-7-5-4-6-8-20)24(28)18(3)30-23(27)15-29-21-11-9-19(14-25)10-12-21/h4-13,18H,15H2,1-3H3/t18-/m1/s1. The normalized spacial score (nSPS) is 11.4. The van der Waals surface area contributed by atoms with Gasteiger partial charge in [0, 0.05) is 22.6 Å². The molecule has 0 amide bonds. The maximum absolute atomic E-state index is 12.9. The summed E-state index contributed by atoms with van der Waals surface area (Å²) in [6.45, 7) is 5.03. The molecule has 0 saturated carbocycles. The van der Waals surface area contributed by atoms with E-state index in [9.17, 15) is 9.59 Å². The number of carbonyl (C=O) groups is 2. The van der Waals surface area contributed by atoms with Crippen LogP contribution in [0.25, 0.3) is 5.69 Å². The lowest BCUT2D eigenvalue weighted by molar-refractivity contribution is -0.148. The van der Waals surface area contributed by atoms with Gasteiger partial charge in [0.1, 0.15) is 5.75 Å². The minimum absolute atomic E-state index is 0.267. The first-order chi connectivity index (χ1) is 14.4. The number of carbonyl (C=O) groups excluding carboxylic acids is 2. The summed E-state index contributed by atoms with van der Waals surface area (Å²) in [5, 5.41) is 8.80. The van der Waals surface area contributed by atoms with Gasteiger partial charge in [-0.15, -0.1) is 0 Å². The van der Waals surface area contributed by atoms with Crippen molar-refractivity contribution in [1.82, 2.24) is 4.57 Å². The van der Waals surface area contributed by atoms with Crippen LogP contribution >= 0.6 is 0 Å². The molecule has 3 rings (SSSR count). The Labute approximate surface area is 175 Å². The van der Waals surface area contributed by atoms with Gasteiger partial charge in [0.2, 0.25) is 5.78 Å². The van der Waals surface area contributed by atoms with E-state index in [-0.39, 0.29) is 12.4 Å². The average Bonchev–Trinajstić information content (AvgIpc) is 3.06. The van der Waals surface area contributed by atoms with Crippen molar-refractivity contribution in [2.75, 3.05) is 6.61 Å². The summed E-state index contributed by atoms with van der Waals surface area (Å²) < 4.78 is 12.6. The summed E-state index contributed by atoms with van der Waals surface area (Å²) in [7, 11) is 0. The van der Waals surface area contributed by atoms with Gasteiger partial charge in [-0.3, -0.25) is 4.79 Å². The molecule has 0 radical (unpaired) electrons. The zero-order valence-electron chi connectivity index (χ0n) is 17.1. The molecule has 6 heteroatoms. The number of rotatable bonds is 7. The van der Waals surface area contributed by atoms with Gasteiger partial charge in [-0.2, -0.15) is 5.26 Å². The largest absolute Gasteiger partial charge is 0.482 e. The number of hydrogen-bond acceptors (Lipinski definition) is 5. The Bertz CT molecular complexity index is 1090. The average molecular weight is 402 g/mol. The quantitative estimate of drug-likeness (QED) is 0.438. The molecule has 3 aromatic rings. The molecule has 0 N–H and O–H groups in total. The molecule has 6 nitrogen and oxygen atoms in total. The van der Waals surface area contributed by atoms with Crippen LogP contribution in [0.15, 0.2) is 60.7 Å². The highest BCUT2D eigenvalue weighted by Gasteiger charge is 2.24. The van der Waals surface area contributed by atoms with Crippen molar-refractivity contribution >= 4 is 11.8 Å². The van der Waals surface area contributed by atoms with Crippen LogP contribution in [0.2, 0.25) is 0 Å². The molecule has 1 atom stereocenters. The summed E-state index contributed by atoms with van der Waals surface area (Å²) >= 11 is 0. The van der Waals surface area contributed by atoms with E-state index in [4.69, 9.17) is 14.7 Å². The molecule has 0 fully saturated rings. The van der Waals surface area contributed by atoms with Gasteiger partial charge in [-0.05, 0) is 63.2 Å². The van der Waals surface area contributed by atoms with Crippen molar-refractivity contribution in [3.05, 3.63) is 83.2 Å². The van der Waals surface area contributed by atoms with Crippen LogP contribution in [0.4, 0.5) is 0 Å². The number of aromatic nitrogens is 1. The fourth-order valence-electron chi connectivity index (χ4n) is 3.26. The Morgan fingerprint density at radius 3 is 2.37 bits per heavy atom.